The predicted molar refractivity (Wildman–Crippen MR) is 378 cm³/mol. The van der Waals surface area contributed by atoms with Crippen molar-refractivity contribution < 1.29 is 64.6 Å². The molecule has 0 aromatic carbocycles. The fourth-order valence-electron chi connectivity index (χ4n) is 12.1. The molecule has 0 aromatic rings. The van der Waals surface area contributed by atoms with Gasteiger partial charge in [-0.15, -0.1) is 0 Å². The van der Waals surface area contributed by atoms with Crippen LogP contribution in [0, 0.1) is 0 Å². The second kappa shape index (κ2) is 61.7. The highest BCUT2D eigenvalue weighted by Gasteiger charge is 2.51. The lowest BCUT2D eigenvalue weighted by Gasteiger charge is -2.46. The number of carbonyl (C=O) groups excluding carboxylic acids is 1. The van der Waals surface area contributed by atoms with E-state index in [0.717, 1.165) is 96.3 Å². The molecular weight excluding hydrogens is 1160 g/mol. The van der Waals surface area contributed by atoms with Crippen LogP contribution in [0.2, 0.25) is 0 Å². The average molecular weight is 1300 g/mol. The Hall–Kier alpha value is -2.83. The molecule has 0 saturated carbocycles. The summed E-state index contributed by atoms with van der Waals surface area (Å²) < 4.78 is 22.9. The summed E-state index contributed by atoms with van der Waals surface area (Å²) in [7, 11) is 0. The van der Waals surface area contributed by atoms with Gasteiger partial charge >= 0.3 is 0 Å². The predicted octanol–water partition coefficient (Wildman–Crippen LogP) is 16.4. The molecule has 534 valence electrons. The first-order valence-corrected chi connectivity index (χ1v) is 37.8. The van der Waals surface area contributed by atoms with Crippen molar-refractivity contribution in [1.29, 1.82) is 0 Å². The number of allylic oxidation sites excluding steroid dienone is 13. The lowest BCUT2D eigenvalue weighted by molar-refractivity contribution is -0.359. The Kier molecular flexibility index (Phi) is 57.2. The van der Waals surface area contributed by atoms with Gasteiger partial charge < -0.3 is 65.1 Å². The zero-order valence-corrected chi connectivity index (χ0v) is 58.3. The van der Waals surface area contributed by atoms with Gasteiger partial charge in [0.05, 0.1) is 32.0 Å². The Labute approximate surface area is 561 Å². The highest BCUT2D eigenvalue weighted by Crippen LogP contribution is 2.30. The summed E-state index contributed by atoms with van der Waals surface area (Å²) in [6.45, 7) is 2.71. The van der Waals surface area contributed by atoms with E-state index in [4.69, 9.17) is 18.9 Å². The SMILES string of the molecule is CC/C=C\C/C=C\C/C=C\C/C=C\C/C=C\C/C=C\CCCCCCCCC(=O)NC(COC1OC(CO)C(OC2OC(CO)C(O)C(O)C2O)C(O)C1O)C(O)/C=C/CCCCCCCCCCCCCCCCCCCCCCCCCCCCCCCCC. The van der Waals surface area contributed by atoms with Crippen LogP contribution in [-0.4, -0.2) is 140 Å². The van der Waals surface area contributed by atoms with Gasteiger partial charge in [0.1, 0.15) is 48.8 Å². The topological polar surface area (TPSA) is 228 Å². The first kappa shape index (κ1) is 85.3. The molecule has 1 amide bonds. The maximum absolute atomic E-state index is 13.3. The smallest absolute Gasteiger partial charge is 0.220 e. The summed E-state index contributed by atoms with van der Waals surface area (Å²) in [6.07, 6.45) is 69.3. The Balaban J connectivity index is 1.66. The molecule has 0 radical (unpaired) electrons. The van der Waals surface area contributed by atoms with E-state index >= 15 is 0 Å². The molecule has 0 aromatic heterocycles. The normalized spacial score (nSPS) is 23.2. The maximum atomic E-state index is 13.3. The fraction of sp³-hybridized carbons (Fsp3) is 0.808. The minimum atomic E-state index is -1.79. The van der Waals surface area contributed by atoms with Crippen molar-refractivity contribution in [2.24, 2.45) is 0 Å². The van der Waals surface area contributed by atoms with Gasteiger partial charge in [0, 0.05) is 6.42 Å². The number of nitrogens with one attached hydrogen (secondary N) is 1. The van der Waals surface area contributed by atoms with Gasteiger partial charge in [0.15, 0.2) is 12.6 Å². The average Bonchev–Trinajstić information content (AvgIpc) is 0.865. The number of aliphatic hydroxyl groups is 8. The van der Waals surface area contributed by atoms with Crippen molar-refractivity contribution in [3.63, 3.8) is 0 Å². The van der Waals surface area contributed by atoms with Crippen LogP contribution in [0.4, 0.5) is 0 Å². The lowest BCUT2D eigenvalue weighted by Crippen LogP contribution is -2.65. The Morgan fingerprint density at radius 1 is 0.402 bits per heavy atom. The summed E-state index contributed by atoms with van der Waals surface area (Å²) in [5.41, 5.74) is 0. The zero-order chi connectivity index (χ0) is 66.6. The van der Waals surface area contributed by atoms with Crippen LogP contribution >= 0.6 is 0 Å². The van der Waals surface area contributed by atoms with Crippen molar-refractivity contribution in [3.8, 4) is 0 Å². The molecule has 12 atom stereocenters. The molecule has 2 aliphatic heterocycles. The van der Waals surface area contributed by atoms with Crippen molar-refractivity contribution in [2.75, 3.05) is 19.8 Å². The summed E-state index contributed by atoms with van der Waals surface area (Å²) in [5.74, 6) is -0.253. The summed E-state index contributed by atoms with van der Waals surface area (Å²) in [6, 6.07) is -0.931. The number of unbranched alkanes of at least 4 members (excludes halogenated alkanes) is 37. The number of hydrogen-bond acceptors (Lipinski definition) is 13. The third-order valence-electron chi connectivity index (χ3n) is 18.1. The number of ether oxygens (including phenoxy) is 4. The van der Waals surface area contributed by atoms with E-state index in [1.54, 1.807) is 6.08 Å². The van der Waals surface area contributed by atoms with Gasteiger partial charge in [0.2, 0.25) is 5.91 Å². The number of carbonyl (C=O) groups is 1. The lowest BCUT2D eigenvalue weighted by atomic mass is 9.97. The van der Waals surface area contributed by atoms with Crippen molar-refractivity contribution in [3.05, 3.63) is 85.1 Å². The highest BCUT2D eigenvalue weighted by atomic mass is 16.7. The minimum Gasteiger partial charge on any atom is -0.394 e. The van der Waals surface area contributed by atoms with Crippen LogP contribution in [0.25, 0.3) is 0 Å². The van der Waals surface area contributed by atoms with Crippen molar-refractivity contribution in [1.82, 2.24) is 5.32 Å². The molecule has 12 unspecified atom stereocenters. The maximum Gasteiger partial charge on any atom is 0.220 e. The van der Waals surface area contributed by atoms with E-state index in [2.05, 4.69) is 92.1 Å². The number of rotatable bonds is 62. The van der Waals surface area contributed by atoms with E-state index in [1.165, 1.54) is 186 Å². The second-order valence-electron chi connectivity index (χ2n) is 26.4. The first-order chi connectivity index (χ1) is 45.1. The Bertz CT molecular complexity index is 1870. The second-order valence-corrected chi connectivity index (χ2v) is 26.4. The van der Waals surface area contributed by atoms with Gasteiger partial charge in [-0.2, -0.15) is 0 Å². The van der Waals surface area contributed by atoms with Gasteiger partial charge in [-0.25, -0.2) is 0 Å². The van der Waals surface area contributed by atoms with Crippen LogP contribution in [-0.2, 0) is 23.7 Å². The Morgan fingerprint density at radius 3 is 1.15 bits per heavy atom. The van der Waals surface area contributed by atoms with Gasteiger partial charge in [-0.05, 0) is 70.6 Å². The van der Waals surface area contributed by atoms with Crippen LogP contribution in [0.5, 0.6) is 0 Å². The van der Waals surface area contributed by atoms with Gasteiger partial charge in [-0.3, -0.25) is 4.79 Å². The van der Waals surface area contributed by atoms with E-state index < -0.39 is 86.8 Å². The van der Waals surface area contributed by atoms with Gasteiger partial charge in [0.25, 0.3) is 0 Å². The van der Waals surface area contributed by atoms with E-state index in [9.17, 15) is 45.6 Å². The first-order valence-electron chi connectivity index (χ1n) is 37.8. The molecule has 14 heteroatoms. The number of hydrogen-bond donors (Lipinski definition) is 9. The third-order valence-corrected chi connectivity index (χ3v) is 18.1. The van der Waals surface area contributed by atoms with Crippen LogP contribution in [0.1, 0.15) is 309 Å². The molecule has 2 heterocycles. The molecule has 2 fully saturated rings. The summed E-state index contributed by atoms with van der Waals surface area (Å²) >= 11 is 0. The third kappa shape index (κ3) is 44.8. The van der Waals surface area contributed by atoms with Crippen LogP contribution in [0.15, 0.2) is 85.1 Å². The van der Waals surface area contributed by atoms with Crippen molar-refractivity contribution >= 4 is 5.91 Å². The molecular formula is C78H139NO13. The standard InChI is InChI=1S/C78H139NO13/c1-3-5-7-9-11-13-15-17-19-21-23-25-27-29-30-31-32-33-34-35-36-38-39-41-43-45-47-49-51-53-55-57-59-61-67(82)66(65-89-77-75(88)73(86)76(69(64-81)91-77)92-78-74(87)72(85)71(84)68(63-80)90-78)79-70(83)62-60-58-56-54-52-50-48-46-44-42-40-37-28-26-24-22-20-18-16-14-12-10-8-6-4-2/h6,8,12,14,18,20,24,26,37,40,44,46,59,61,66-69,71-78,80-82,84-88H,3-5,7,9-11,13,15-17,19,21-23,25,27-36,38-39,41-43,45,47-58,60,62-65H2,1-2H3,(H,79,83)/b8-6-,14-12-,20-18-,26-24-,40-37-,46-44-,61-59+. The Morgan fingerprint density at radius 2 is 0.750 bits per heavy atom. The minimum absolute atomic E-state index is 0.253. The summed E-state index contributed by atoms with van der Waals surface area (Å²) in [4.78, 5) is 13.3. The van der Waals surface area contributed by atoms with E-state index in [1.807, 2.05) is 6.08 Å². The molecule has 92 heavy (non-hydrogen) atoms. The van der Waals surface area contributed by atoms with E-state index in [0.29, 0.717) is 6.42 Å². The molecule has 0 spiro atoms. The summed E-state index contributed by atoms with van der Waals surface area (Å²) in [5, 5.41) is 87.6. The molecule has 0 bridgehead atoms. The van der Waals surface area contributed by atoms with Gasteiger partial charge in [-0.1, -0.05) is 317 Å². The largest absolute Gasteiger partial charge is 0.394 e. The highest BCUT2D eigenvalue weighted by molar-refractivity contribution is 5.76. The molecule has 2 aliphatic rings. The van der Waals surface area contributed by atoms with Crippen LogP contribution in [0.3, 0.4) is 0 Å². The fourth-order valence-corrected chi connectivity index (χ4v) is 12.1. The molecule has 14 nitrogen and oxygen atoms in total. The number of amides is 1. The molecule has 2 saturated heterocycles. The van der Waals surface area contributed by atoms with E-state index in [-0.39, 0.29) is 18.9 Å². The molecule has 0 aliphatic carbocycles. The monoisotopic (exact) mass is 1300 g/mol. The zero-order valence-electron chi connectivity index (χ0n) is 58.3. The number of aliphatic hydroxyl groups excluding tert-OH is 8. The van der Waals surface area contributed by atoms with Crippen molar-refractivity contribution in [2.45, 2.75) is 383 Å². The quantitative estimate of drug-likeness (QED) is 0.0204. The molecule has 2 rings (SSSR count). The van der Waals surface area contributed by atoms with Crippen LogP contribution < -0.4 is 5.32 Å². The molecule has 9 N–H and O–H groups in total.